The molecule has 1 atom stereocenters. The van der Waals surface area contributed by atoms with Crippen molar-refractivity contribution in [3.63, 3.8) is 0 Å². The molecule has 0 spiro atoms. The van der Waals surface area contributed by atoms with Crippen molar-refractivity contribution in [1.82, 2.24) is 0 Å². The van der Waals surface area contributed by atoms with Crippen molar-refractivity contribution in [3.05, 3.63) is 35.9 Å². The molecule has 7 heteroatoms. The zero-order valence-corrected chi connectivity index (χ0v) is 14.0. The van der Waals surface area contributed by atoms with Crippen molar-refractivity contribution in [2.75, 3.05) is 0 Å². The second kappa shape index (κ2) is 8.90. The number of hydrogen-bond acceptors (Lipinski definition) is 6. The van der Waals surface area contributed by atoms with Crippen molar-refractivity contribution in [2.45, 2.75) is 51.9 Å². The van der Waals surface area contributed by atoms with Crippen molar-refractivity contribution >= 4 is 18.0 Å². The molecule has 24 heavy (non-hydrogen) atoms. The van der Waals surface area contributed by atoms with Crippen molar-refractivity contribution in [2.24, 2.45) is 4.99 Å². The number of carboxylic acids is 1. The van der Waals surface area contributed by atoms with Gasteiger partial charge in [0.15, 0.2) is 0 Å². The zero-order chi connectivity index (χ0) is 18.2. The highest BCUT2D eigenvalue weighted by Gasteiger charge is 2.25. The van der Waals surface area contributed by atoms with Crippen molar-refractivity contribution in [3.8, 4) is 0 Å². The van der Waals surface area contributed by atoms with Gasteiger partial charge in [-0.1, -0.05) is 30.3 Å². The third-order valence-electron chi connectivity index (χ3n) is 2.78. The predicted molar refractivity (Wildman–Crippen MR) is 85.2 cm³/mol. The number of carboxylic acid groups (broad SMARTS) is 1. The molecule has 1 rings (SSSR count). The number of ether oxygens (including phenoxy) is 2. The third-order valence-corrected chi connectivity index (χ3v) is 2.78. The molecule has 132 valence electrons. The summed E-state index contributed by atoms with van der Waals surface area (Å²) in [5, 5.41) is 20.6. The summed E-state index contributed by atoms with van der Waals surface area (Å²) in [5.41, 5.74) is 0.0163. The molecule has 0 aliphatic carbocycles. The highest BCUT2D eigenvalue weighted by molar-refractivity contribution is 5.80. The normalized spacial score (nSPS) is 13.2. The van der Waals surface area contributed by atoms with Crippen LogP contribution in [0.15, 0.2) is 35.3 Å². The molecule has 0 aliphatic heterocycles. The number of esters is 1. The van der Waals surface area contributed by atoms with Crippen molar-refractivity contribution < 1.29 is 29.3 Å². The van der Waals surface area contributed by atoms with Gasteiger partial charge in [0, 0.05) is 13.0 Å². The number of aliphatic carboxylic acids is 1. The van der Waals surface area contributed by atoms with E-state index in [2.05, 4.69) is 4.99 Å². The molecule has 1 aromatic rings. The third kappa shape index (κ3) is 8.17. The summed E-state index contributed by atoms with van der Waals surface area (Å²) in [6, 6.07) is 7.79. The summed E-state index contributed by atoms with van der Waals surface area (Å²) in [6.45, 7) is 5.04. The molecule has 7 nitrogen and oxygen atoms in total. The van der Waals surface area contributed by atoms with E-state index in [9.17, 15) is 14.7 Å². The fraction of sp³-hybridized carbons (Fsp3) is 0.471. The number of aliphatic imine (C=N–C) groups is 1. The second-order valence-corrected chi connectivity index (χ2v) is 6.15. The lowest BCUT2D eigenvalue weighted by Crippen LogP contribution is -2.34. The highest BCUT2D eigenvalue weighted by Crippen LogP contribution is 2.13. The average molecular weight is 336 g/mol. The van der Waals surface area contributed by atoms with E-state index < -0.39 is 29.7 Å². The van der Waals surface area contributed by atoms with Gasteiger partial charge < -0.3 is 19.7 Å². The molecule has 0 amide bonds. The summed E-state index contributed by atoms with van der Waals surface area (Å²) in [5.74, 6) is -1.84. The number of benzene rings is 1. The minimum Gasteiger partial charge on any atom is -0.596 e. The van der Waals surface area contributed by atoms with E-state index >= 15 is 0 Å². The van der Waals surface area contributed by atoms with E-state index in [4.69, 9.17) is 14.6 Å². The molecule has 0 fully saturated rings. The smallest absolute Gasteiger partial charge is 0.331 e. The average Bonchev–Trinajstić information content (AvgIpc) is 2.48. The maximum atomic E-state index is 12.1. The molecule has 1 N–H and O–H groups in total. The molecule has 0 bridgehead atoms. The van der Waals surface area contributed by atoms with Crippen LogP contribution in [0.5, 0.6) is 0 Å². The minimum absolute atomic E-state index is 0.0170. The molecule has 0 radical (unpaired) electrons. The van der Waals surface area contributed by atoms with Gasteiger partial charge in [0.1, 0.15) is 17.7 Å². The highest BCUT2D eigenvalue weighted by atomic mass is 16.6. The van der Waals surface area contributed by atoms with Gasteiger partial charge in [-0.2, -0.15) is 0 Å². The first-order valence-corrected chi connectivity index (χ1v) is 7.53. The number of carbonyl (C=O) groups is 2. The van der Waals surface area contributed by atoms with Crippen molar-refractivity contribution in [1.29, 1.82) is 0 Å². The summed E-state index contributed by atoms with van der Waals surface area (Å²) < 4.78 is 10.1. The van der Waals surface area contributed by atoms with Crippen LogP contribution >= 0.6 is 0 Å². The lowest BCUT2D eigenvalue weighted by Gasteiger charge is -2.23. The lowest BCUT2D eigenvalue weighted by atomic mass is 10.1. The Kier molecular flexibility index (Phi) is 7.23. The van der Waals surface area contributed by atoms with E-state index in [1.54, 1.807) is 45.0 Å². The van der Waals surface area contributed by atoms with Gasteiger partial charge in [-0.3, -0.25) is 9.79 Å². The Bertz CT molecular complexity index is 576. The van der Waals surface area contributed by atoms with Gasteiger partial charge in [0.2, 0.25) is 0 Å². The van der Waals surface area contributed by atoms with Gasteiger partial charge in [0.25, 0.3) is 0 Å². The molecular weight excluding hydrogens is 314 g/mol. The van der Waals surface area contributed by atoms with Crippen LogP contribution in [0.2, 0.25) is 0 Å². The molecule has 1 aromatic carbocycles. The Balaban J connectivity index is 2.73. The largest absolute Gasteiger partial charge is 0.596 e. The van der Waals surface area contributed by atoms with E-state index in [0.717, 1.165) is 5.56 Å². The van der Waals surface area contributed by atoms with E-state index in [0.29, 0.717) is 0 Å². The quantitative estimate of drug-likeness (QED) is 0.459. The maximum Gasteiger partial charge on any atom is 0.331 e. The van der Waals surface area contributed by atoms with Crippen LogP contribution in [0.1, 0.15) is 39.2 Å². The zero-order valence-electron chi connectivity index (χ0n) is 14.0. The SMILES string of the molecule is CC(C)(C)OC(=O)C(CCC(=O)O)N=C([O-])OCc1ccccc1. The summed E-state index contributed by atoms with van der Waals surface area (Å²) in [6.07, 6.45) is -1.37. The maximum absolute atomic E-state index is 12.1. The van der Waals surface area contributed by atoms with Gasteiger partial charge in [-0.15, -0.1) is 0 Å². The number of hydrogen-bond donors (Lipinski definition) is 1. The molecule has 0 aromatic heterocycles. The predicted octanol–water partition coefficient (Wildman–Crippen LogP) is 1.49. The Labute approximate surface area is 140 Å². The fourth-order valence-electron chi connectivity index (χ4n) is 1.75. The van der Waals surface area contributed by atoms with Crippen LogP contribution in [0, 0.1) is 0 Å². The molecule has 0 saturated heterocycles. The first kappa shape index (κ1) is 19.5. The van der Waals surface area contributed by atoms with Crippen LogP contribution in [0.25, 0.3) is 0 Å². The van der Waals surface area contributed by atoms with Crippen LogP contribution in [0.4, 0.5) is 0 Å². The number of carbonyl (C=O) groups excluding carboxylic acids is 1. The Morgan fingerprint density at radius 3 is 2.42 bits per heavy atom. The summed E-state index contributed by atoms with van der Waals surface area (Å²) in [7, 11) is 0. The van der Waals surface area contributed by atoms with Crippen LogP contribution in [-0.2, 0) is 25.7 Å². The van der Waals surface area contributed by atoms with E-state index in [-0.39, 0.29) is 19.4 Å². The van der Waals surface area contributed by atoms with E-state index in [1.165, 1.54) is 0 Å². The van der Waals surface area contributed by atoms with Gasteiger partial charge in [-0.25, -0.2) is 4.79 Å². The topological polar surface area (TPSA) is 108 Å². The Hall–Kier alpha value is -2.57. The first-order valence-electron chi connectivity index (χ1n) is 7.53. The summed E-state index contributed by atoms with van der Waals surface area (Å²) >= 11 is 0. The first-order chi connectivity index (χ1) is 11.2. The Morgan fingerprint density at radius 1 is 1.25 bits per heavy atom. The number of rotatable bonds is 7. The monoisotopic (exact) mass is 336 g/mol. The lowest BCUT2D eigenvalue weighted by molar-refractivity contribution is -0.252. The minimum atomic E-state index is -1.21. The van der Waals surface area contributed by atoms with Crippen LogP contribution < -0.4 is 5.11 Å². The Morgan fingerprint density at radius 2 is 1.88 bits per heavy atom. The molecule has 0 aliphatic rings. The standard InChI is InChI=1S/C17H23NO6/c1-17(2,3)24-15(21)13(9-10-14(19)20)18-16(22)23-11-12-7-5-4-6-8-12/h4-8,13H,9-11H2,1-3H3,(H,18,22)(H,19,20)/p-1. The van der Waals surface area contributed by atoms with Crippen LogP contribution in [0.3, 0.4) is 0 Å². The van der Waals surface area contributed by atoms with Gasteiger partial charge in [-0.05, 0) is 32.8 Å². The molecule has 0 saturated carbocycles. The second-order valence-electron chi connectivity index (χ2n) is 6.15. The molecule has 0 heterocycles. The number of nitrogens with zero attached hydrogens (tertiary/aromatic N) is 1. The summed E-state index contributed by atoms with van der Waals surface area (Å²) in [4.78, 5) is 26.4. The van der Waals surface area contributed by atoms with Gasteiger partial charge in [0.05, 0.1) is 0 Å². The molecule has 1 unspecified atom stereocenters. The van der Waals surface area contributed by atoms with E-state index in [1.807, 2.05) is 6.07 Å². The van der Waals surface area contributed by atoms with Crippen LogP contribution in [-0.4, -0.2) is 34.8 Å². The fourth-order valence-corrected chi connectivity index (χ4v) is 1.75. The molecular formula is C17H22NO6-. The van der Waals surface area contributed by atoms with Gasteiger partial charge >= 0.3 is 11.9 Å².